The molecule has 0 bridgehead atoms. The molecular weight excluding hydrogens is 364 g/mol. The van der Waals surface area contributed by atoms with E-state index in [0.29, 0.717) is 16.9 Å². The van der Waals surface area contributed by atoms with Crippen LogP contribution in [0.2, 0.25) is 0 Å². The third-order valence-corrected chi connectivity index (χ3v) is 4.58. The summed E-state index contributed by atoms with van der Waals surface area (Å²) in [4.78, 5) is 27.4. The molecule has 0 aliphatic carbocycles. The number of hydrogen-bond acceptors (Lipinski definition) is 6. The van der Waals surface area contributed by atoms with Gasteiger partial charge < -0.3 is 9.15 Å². The topological polar surface area (TPSA) is 81.4 Å². The highest BCUT2D eigenvalue weighted by atomic mass is 32.2. The van der Waals surface area contributed by atoms with Crippen molar-refractivity contribution < 1.29 is 18.7 Å². The van der Waals surface area contributed by atoms with Gasteiger partial charge >= 0.3 is 0 Å². The van der Waals surface area contributed by atoms with Crippen LogP contribution in [-0.4, -0.2) is 23.2 Å². The second-order valence-electron chi connectivity index (χ2n) is 5.59. The number of nitrogens with zero attached hydrogens (tertiary/aromatic N) is 1. The van der Waals surface area contributed by atoms with Gasteiger partial charge in [0.1, 0.15) is 11.5 Å². The minimum atomic E-state index is -0.429. The zero-order valence-electron chi connectivity index (χ0n) is 14.1. The molecular formula is C20H12N2O4S. The number of thioether (sulfide) groups is 1. The maximum atomic E-state index is 11.7. The Labute approximate surface area is 158 Å². The number of ether oxygens (including phenoxy) is 1. The Morgan fingerprint density at radius 2 is 2.11 bits per heavy atom. The Kier molecular flexibility index (Phi) is 4.40. The summed E-state index contributed by atoms with van der Waals surface area (Å²) in [6.45, 7) is 0. The molecule has 0 radical (unpaired) electrons. The summed E-state index contributed by atoms with van der Waals surface area (Å²) in [5.74, 6) is 6.87. The SMILES string of the molecule is COc1cccc(C#Cc2cncc3cc(/C=C4/SC(=O)NC4=O)oc23)c1. The van der Waals surface area contributed by atoms with Crippen LogP contribution >= 0.6 is 11.8 Å². The van der Waals surface area contributed by atoms with Gasteiger partial charge in [-0.3, -0.25) is 19.9 Å². The lowest BCUT2D eigenvalue weighted by atomic mass is 10.2. The number of furan rings is 1. The highest BCUT2D eigenvalue weighted by Crippen LogP contribution is 2.28. The van der Waals surface area contributed by atoms with Crippen molar-refractivity contribution >= 4 is 40.0 Å². The zero-order chi connectivity index (χ0) is 18.8. The van der Waals surface area contributed by atoms with E-state index in [-0.39, 0.29) is 4.91 Å². The van der Waals surface area contributed by atoms with Crippen molar-refractivity contribution in [2.24, 2.45) is 0 Å². The summed E-state index contributed by atoms with van der Waals surface area (Å²) in [5, 5.41) is 2.57. The first-order valence-corrected chi connectivity index (χ1v) is 8.72. The monoisotopic (exact) mass is 376 g/mol. The van der Waals surface area contributed by atoms with Crippen molar-refractivity contribution in [3.8, 4) is 17.6 Å². The Balaban J connectivity index is 1.70. The lowest BCUT2D eigenvalue weighted by Gasteiger charge is -1.98. The zero-order valence-corrected chi connectivity index (χ0v) is 14.9. The van der Waals surface area contributed by atoms with Crippen molar-refractivity contribution in [3.63, 3.8) is 0 Å². The fourth-order valence-electron chi connectivity index (χ4n) is 2.53. The number of aromatic nitrogens is 1. The predicted octanol–water partition coefficient (Wildman–Crippen LogP) is 3.56. The summed E-state index contributed by atoms with van der Waals surface area (Å²) >= 11 is 0.840. The summed E-state index contributed by atoms with van der Waals surface area (Å²) in [6, 6.07) is 9.19. The Morgan fingerprint density at radius 1 is 1.22 bits per heavy atom. The van der Waals surface area contributed by atoms with E-state index in [2.05, 4.69) is 22.1 Å². The van der Waals surface area contributed by atoms with Gasteiger partial charge in [-0.25, -0.2) is 0 Å². The molecule has 1 N–H and O–H groups in total. The molecule has 1 fully saturated rings. The smallest absolute Gasteiger partial charge is 0.290 e. The number of nitrogens with one attached hydrogen (secondary N) is 1. The second-order valence-corrected chi connectivity index (χ2v) is 6.60. The van der Waals surface area contributed by atoms with Gasteiger partial charge in [-0.15, -0.1) is 0 Å². The van der Waals surface area contributed by atoms with Crippen molar-refractivity contribution in [2.75, 3.05) is 7.11 Å². The Morgan fingerprint density at radius 3 is 2.89 bits per heavy atom. The number of hydrogen-bond donors (Lipinski definition) is 1. The van der Waals surface area contributed by atoms with Gasteiger partial charge in [0, 0.05) is 29.4 Å². The molecule has 27 heavy (non-hydrogen) atoms. The lowest BCUT2D eigenvalue weighted by molar-refractivity contribution is -0.115. The number of fused-ring (bicyclic) bond motifs is 1. The average molecular weight is 376 g/mol. The maximum Gasteiger partial charge on any atom is 0.290 e. The van der Waals surface area contributed by atoms with E-state index in [4.69, 9.17) is 9.15 Å². The van der Waals surface area contributed by atoms with Crippen molar-refractivity contribution in [3.05, 3.63) is 64.5 Å². The molecule has 0 atom stereocenters. The first-order chi connectivity index (χ1) is 13.1. The molecule has 3 heterocycles. The van der Waals surface area contributed by atoms with Crippen LogP contribution in [0.25, 0.3) is 17.0 Å². The second kappa shape index (κ2) is 7.02. The normalized spacial score (nSPS) is 14.9. The standard InChI is InChI=1S/C20H12N2O4S/c1-25-15-4-2-3-12(7-15)5-6-13-10-21-11-14-8-16(26-18(13)14)9-17-19(23)22-20(24)27-17/h2-4,7-11H,1H3,(H,22,23,24)/b17-9+. The molecule has 2 amide bonds. The molecule has 4 rings (SSSR count). The quantitative estimate of drug-likeness (QED) is 0.544. The Bertz CT molecular complexity index is 1170. The summed E-state index contributed by atoms with van der Waals surface area (Å²) in [7, 11) is 1.60. The number of amides is 2. The first-order valence-electron chi connectivity index (χ1n) is 7.91. The first kappa shape index (κ1) is 16.9. The van der Waals surface area contributed by atoms with E-state index < -0.39 is 11.1 Å². The van der Waals surface area contributed by atoms with Crippen LogP contribution in [0.1, 0.15) is 16.9 Å². The van der Waals surface area contributed by atoms with E-state index in [9.17, 15) is 9.59 Å². The summed E-state index contributed by atoms with van der Waals surface area (Å²) in [5.41, 5.74) is 2.00. The number of methoxy groups -OCH3 is 1. The van der Waals surface area contributed by atoms with Gasteiger partial charge in [0.15, 0.2) is 5.58 Å². The molecule has 0 spiro atoms. The number of carbonyl (C=O) groups excluding carboxylic acids is 2. The fourth-order valence-corrected chi connectivity index (χ4v) is 3.20. The maximum absolute atomic E-state index is 11.7. The van der Waals surface area contributed by atoms with Gasteiger partial charge in [0.2, 0.25) is 0 Å². The minimum Gasteiger partial charge on any atom is -0.497 e. The number of rotatable bonds is 2. The number of pyridine rings is 1. The number of benzene rings is 1. The van der Waals surface area contributed by atoms with E-state index in [1.54, 1.807) is 25.6 Å². The fraction of sp³-hybridized carbons (Fsp3) is 0.0500. The summed E-state index contributed by atoms with van der Waals surface area (Å²) < 4.78 is 11.0. The van der Waals surface area contributed by atoms with Crippen LogP contribution in [0, 0.1) is 11.8 Å². The molecule has 7 heteroatoms. The van der Waals surface area contributed by atoms with Crippen LogP contribution in [0.4, 0.5) is 4.79 Å². The van der Waals surface area contributed by atoms with Crippen LogP contribution in [0.5, 0.6) is 5.75 Å². The van der Waals surface area contributed by atoms with Crippen LogP contribution in [0.15, 0.2) is 52.0 Å². The van der Waals surface area contributed by atoms with Crippen molar-refractivity contribution in [1.29, 1.82) is 0 Å². The Hall–Kier alpha value is -3.50. The third-order valence-electron chi connectivity index (χ3n) is 3.77. The van der Waals surface area contributed by atoms with Gasteiger partial charge in [-0.1, -0.05) is 17.9 Å². The molecule has 6 nitrogen and oxygen atoms in total. The summed E-state index contributed by atoms with van der Waals surface area (Å²) in [6.07, 6.45) is 4.81. The average Bonchev–Trinajstić information content (AvgIpc) is 3.22. The van der Waals surface area contributed by atoms with E-state index >= 15 is 0 Å². The van der Waals surface area contributed by atoms with Crippen molar-refractivity contribution in [2.45, 2.75) is 0 Å². The van der Waals surface area contributed by atoms with Gasteiger partial charge in [0.05, 0.1) is 17.6 Å². The minimum absolute atomic E-state index is 0.288. The number of carbonyl (C=O) groups is 2. The van der Waals surface area contributed by atoms with Crippen LogP contribution < -0.4 is 10.1 Å². The van der Waals surface area contributed by atoms with Gasteiger partial charge in [0.25, 0.3) is 11.1 Å². The largest absolute Gasteiger partial charge is 0.497 e. The molecule has 3 aromatic rings. The third kappa shape index (κ3) is 3.57. The molecule has 0 unspecified atom stereocenters. The van der Waals surface area contributed by atoms with Crippen LogP contribution in [0.3, 0.4) is 0 Å². The molecule has 1 aromatic carbocycles. The molecule has 2 aromatic heterocycles. The highest BCUT2D eigenvalue weighted by Gasteiger charge is 2.25. The molecule has 1 saturated heterocycles. The van der Waals surface area contributed by atoms with E-state index in [1.165, 1.54) is 6.08 Å². The van der Waals surface area contributed by atoms with Crippen molar-refractivity contribution in [1.82, 2.24) is 10.3 Å². The predicted molar refractivity (Wildman–Crippen MR) is 102 cm³/mol. The van der Waals surface area contributed by atoms with E-state index in [1.807, 2.05) is 24.3 Å². The van der Waals surface area contributed by atoms with E-state index in [0.717, 1.165) is 28.5 Å². The van der Waals surface area contributed by atoms with Gasteiger partial charge in [-0.05, 0) is 36.0 Å². The highest BCUT2D eigenvalue weighted by molar-refractivity contribution is 8.18. The molecule has 0 saturated carbocycles. The van der Waals surface area contributed by atoms with Gasteiger partial charge in [-0.2, -0.15) is 0 Å². The molecule has 1 aliphatic rings. The lowest BCUT2D eigenvalue weighted by Crippen LogP contribution is -2.17. The van der Waals surface area contributed by atoms with Crippen LogP contribution in [-0.2, 0) is 4.79 Å². The molecule has 132 valence electrons. The number of imide groups is 1. The molecule has 1 aliphatic heterocycles.